The molecule has 6 heteroatoms. The molecule has 0 radical (unpaired) electrons. The number of benzene rings is 1. The first-order valence-corrected chi connectivity index (χ1v) is 9.95. The molecule has 2 unspecified atom stereocenters. The van der Waals surface area contributed by atoms with Gasteiger partial charge in [0.25, 0.3) is 0 Å². The predicted octanol–water partition coefficient (Wildman–Crippen LogP) is 4.10. The Morgan fingerprint density at radius 2 is 1.96 bits per heavy atom. The van der Waals surface area contributed by atoms with E-state index in [1.165, 1.54) is 31.4 Å². The average molecular weight is 376 g/mol. The van der Waals surface area contributed by atoms with Crippen molar-refractivity contribution in [1.29, 1.82) is 0 Å². The van der Waals surface area contributed by atoms with E-state index in [1.54, 1.807) is 12.1 Å². The average Bonchev–Trinajstić information content (AvgIpc) is 2.67. The molecule has 1 aromatic rings. The van der Waals surface area contributed by atoms with Crippen molar-refractivity contribution in [2.24, 2.45) is 11.7 Å². The van der Waals surface area contributed by atoms with E-state index in [9.17, 15) is 14.0 Å². The Morgan fingerprint density at radius 3 is 2.56 bits per heavy atom. The highest BCUT2D eigenvalue weighted by Gasteiger charge is 2.44. The number of carbonyl (C=O) groups excluding carboxylic acids is 2. The second-order valence-electron chi connectivity index (χ2n) is 7.92. The van der Waals surface area contributed by atoms with Crippen LogP contribution in [-0.2, 0) is 15.1 Å². The SMILES string of the molecule is CC(C1CCCCC1)N1CCC(CCC(N)=O)(c2ccc(F)cc2)OC1=O. The Labute approximate surface area is 160 Å². The van der Waals surface area contributed by atoms with Crippen LogP contribution in [0.3, 0.4) is 0 Å². The van der Waals surface area contributed by atoms with Crippen molar-refractivity contribution in [2.45, 2.75) is 69.9 Å². The Balaban J connectivity index is 1.77. The van der Waals surface area contributed by atoms with Crippen LogP contribution in [0.2, 0.25) is 0 Å². The minimum absolute atomic E-state index is 0.114. The topological polar surface area (TPSA) is 72.6 Å². The van der Waals surface area contributed by atoms with Gasteiger partial charge < -0.3 is 15.4 Å². The molecule has 0 spiro atoms. The van der Waals surface area contributed by atoms with Gasteiger partial charge in [0.15, 0.2) is 0 Å². The maximum Gasteiger partial charge on any atom is 0.410 e. The molecular formula is C21H29FN2O3. The monoisotopic (exact) mass is 376 g/mol. The quantitative estimate of drug-likeness (QED) is 0.812. The Bertz CT molecular complexity index is 673. The van der Waals surface area contributed by atoms with E-state index >= 15 is 0 Å². The highest BCUT2D eigenvalue weighted by atomic mass is 19.1. The van der Waals surface area contributed by atoms with Gasteiger partial charge in [-0.3, -0.25) is 4.79 Å². The van der Waals surface area contributed by atoms with Crippen molar-refractivity contribution >= 4 is 12.0 Å². The van der Waals surface area contributed by atoms with E-state index in [2.05, 4.69) is 6.92 Å². The zero-order valence-corrected chi connectivity index (χ0v) is 16.0. The fraction of sp³-hybridized carbons (Fsp3) is 0.619. The first kappa shape index (κ1) is 19.6. The summed E-state index contributed by atoms with van der Waals surface area (Å²) in [5.74, 6) is -0.278. The number of hydrogen-bond donors (Lipinski definition) is 1. The lowest BCUT2D eigenvalue weighted by Crippen LogP contribution is -2.53. The van der Waals surface area contributed by atoms with Crippen LogP contribution < -0.4 is 5.73 Å². The van der Waals surface area contributed by atoms with Gasteiger partial charge in [-0.25, -0.2) is 9.18 Å². The largest absolute Gasteiger partial charge is 0.438 e. The third-order valence-electron chi connectivity index (χ3n) is 6.24. The minimum atomic E-state index is -0.928. The molecule has 1 saturated heterocycles. The van der Waals surface area contributed by atoms with Crippen LogP contribution in [0.4, 0.5) is 9.18 Å². The molecule has 2 fully saturated rings. The summed E-state index contributed by atoms with van der Waals surface area (Å²) < 4.78 is 19.3. The fourth-order valence-electron chi connectivity index (χ4n) is 4.51. The van der Waals surface area contributed by atoms with E-state index in [0.717, 1.165) is 12.8 Å². The Kier molecular flexibility index (Phi) is 6.02. The van der Waals surface area contributed by atoms with Gasteiger partial charge in [0, 0.05) is 31.8 Å². The number of halogens is 1. The molecule has 2 N–H and O–H groups in total. The maximum atomic E-state index is 13.4. The summed E-state index contributed by atoms with van der Waals surface area (Å²) in [5.41, 5.74) is 5.11. The number of amides is 2. The molecule has 1 aliphatic heterocycles. The van der Waals surface area contributed by atoms with Crippen LogP contribution in [0.15, 0.2) is 24.3 Å². The Hall–Kier alpha value is -2.11. The normalized spacial score (nSPS) is 25.1. The number of rotatable bonds is 6. The van der Waals surface area contributed by atoms with Crippen molar-refractivity contribution in [1.82, 2.24) is 4.90 Å². The molecule has 3 rings (SSSR count). The van der Waals surface area contributed by atoms with Crippen molar-refractivity contribution in [2.75, 3.05) is 6.54 Å². The van der Waals surface area contributed by atoms with Crippen LogP contribution in [-0.4, -0.2) is 29.5 Å². The molecule has 1 saturated carbocycles. The molecule has 5 nitrogen and oxygen atoms in total. The number of ether oxygens (including phenoxy) is 1. The lowest BCUT2D eigenvalue weighted by molar-refractivity contribution is -0.121. The summed E-state index contributed by atoms with van der Waals surface area (Å²) in [5, 5.41) is 0. The third kappa shape index (κ3) is 4.42. The van der Waals surface area contributed by atoms with Crippen molar-refractivity contribution in [3.05, 3.63) is 35.6 Å². The summed E-state index contributed by atoms with van der Waals surface area (Å²) in [6.07, 6.45) is 6.64. The first-order valence-electron chi connectivity index (χ1n) is 9.95. The molecule has 1 heterocycles. The predicted molar refractivity (Wildman–Crippen MR) is 100 cm³/mol. The molecule has 148 valence electrons. The van der Waals surface area contributed by atoms with Gasteiger partial charge in [-0.2, -0.15) is 0 Å². The number of nitrogens with two attached hydrogens (primary N) is 1. The molecule has 2 aliphatic rings. The van der Waals surface area contributed by atoms with Crippen LogP contribution in [0.5, 0.6) is 0 Å². The van der Waals surface area contributed by atoms with Gasteiger partial charge in [-0.15, -0.1) is 0 Å². The number of nitrogens with zero attached hydrogens (tertiary/aromatic N) is 1. The summed E-state index contributed by atoms with van der Waals surface area (Å²) in [6, 6.07) is 6.10. The van der Waals surface area contributed by atoms with E-state index < -0.39 is 11.5 Å². The second-order valence-corrected chi connectivity index (χ2v) is 7.92. The lowest BCUT2D eigenvalue weighted by atomic mass is 9.82. The molecular weight excluding hydrogens is 347 g/mol. The zero-order chi connectivity index (χ0) is 19.4. The zero-order valence-electron chi connectivity index (χ0n) is 16.0. The standard InChI is InChI=1S/C21H29FN2O3/c1-15(16-5-3-2-4-6-16)24-14-13-21(27-20(24)26,12-11-19(23)25)17-7-9-18(22)10-8-17/h7-10,15-16H,2-6,11-14H2,1H3,(H2,23,25). The van der Waals surface area contributed by atoms with Crippen LogP contribution in [0, 0.1) is 11.7 Å². The molecule has 2 atom stereocenters. The third-order valence-corrected chi connectivity index (χ3v) is 6.24. The van der Waals surface area contributed by atoms with Crippen molar-refractivity contribution in [3.8, 4) is 0 Å². The summed E-state index contributed by atoms with van der Waals surface area (Å²) in [4.78, 5) is 26.1. The molecule has 0 aromatic heterocycles. The van der Waals surface area contributed by atoms with E-state index in [-0.39, 0.29) is 24.4 Å². The van der Waals surface area contributed by atoms with Gasteiger partial charge in [-0.05, 0) is 43.4 Å². The Morgan fingerprint density at radius 1 is 1.30 bits per heavy atom. The smallest absolute Gasteiger partial charge is 0.410 e. The fourth-order valence-corrected chi connectivity index (χ4v) is 4.51. The summed E-state index contributed by atoms with van der Waals surface area (Å²) in [6.45, 7) is 2.66. The van der Waals surface area contributed by atoms with Gasteiger partial charge in [0.1, 0.15) is 11.4 Å². The van der Waals surface area contributed by atoms with Crippen LogP contribution in [0.1, 0.15) is 63.9 Å². The van der Waals surface area contributed by atoms with Crippen LogP contribution in [0.25, 0.3) is 0 Å². The van der Waals surface area contributed by atoms with Crippen LogP contribution >= 0.6 is 0 Å². The number of cyclic esters (lactones) is 1. The highest BCUT2D eigenvalue weighted by Crippen LogP contribution is 2.40. The molecule has 1 aliphatic carbocycles. The van der Waals surface area contributed by atoms with E-state index in [0.29, 0.717) is 30.9 Å². The number of carbonyl (C=O) groups is 2. The minimum Gasteiger partial charge on any atom is -0.438 e. The number of hydrogen-bond acceptors (Lipinski definition) is 3. The van der Waals surface area contributed by atoms with E-state index in [4.69, 9.17) is 10.5 Å². The van der Waals surface area contributed by atoms with Crippen molar-refractivity contribution < 1.29 is 18.7 Å². The second kappa shape index (κ2) is 8.28. The molecule has 0 bridgehead atoms. The highest BCUT2D eigenvalue weighted by molar-refractivity contribution is 5.74. The first-order chi connectivity index (χ1) is 12.9. The van der Waals surface area contributed by atoms with Gasteiger partial charge in [0.2, 0.25) is 5.91 Å². The molecule has 2 amide bonds. The van der Waals surface area contributed by atoms with E-state index in [1.807, 2.05) is 4.90 Å². The van der Waals surface area contributed by atoms with Gasteiger partial charge in [0.05, 0.1) is 0 Å². The van der Waals surface area contributed by atoms with Gasteiger partial charge >= 0.3 is 6.09 Å². The molecule has 27 heavy (non-hydrogen) atoms. The van der Waals surface area contributed by atoms with Gasteiger partial charge in [-0.1, -0.05) is 31.4 Å². The summed E-state index contributed by atoms with van der Waals surface area (Å²) in [7, 11) is 0. The summed E-state index contributed by atoms with van der Waals surface area (Å²) >= 11 is 0. The molecule has 1 aromatic carbocycles. The number of primary amides is 1. The maximum absolute atomic E-state index is 13.4. The van der Waals surface area contributed by atoms with Crippen molar-refractivity contribution in [3.63, 3.8) is 0 Å². The lowest BCUT2D eigenvalue weighted by Gasteiger charge is -2.45.